The molecule has 2 rings (SSSR count). The molecule has 0 radical (unpaired) electrons. The van der Waals surface area contributed by atoms with Gasteiger partial charge in [-0.15, -0.1) is 0 Å². The highest BCUT2D eigenvalue weighted by molar-refractivity contribution is 7.89. The molecule has 1 unspecified atom stereocenters. The Morgan fingerprint density at radius 3 is 1.87 bits per heavy atom. The second-order valence-corrected chi connectivity index (χ2v) is 7.21. The Morgan fingerprint density at radius 2 is 1.39 bits per heavy atom. The van der Waals surface area contributed by atoms with Crippen molar-refractivity contribution in [1.29, 1.82) is 0 Å². The average molecular weight is 343 g/mol. The lowest BCUT2D eigenvalue weighted by molar-refractivity contribution is 0.461. The Bertz CT molecular complexity index is 769. The molecule has 0 saturated heterocycles. The molecule has 0 aliphatic carbocycles. The van der Waals surface area contributed by atoms with Crippen molar-refractivity contribution in [3.63, 3.8) is 0 Å². The average Bonchev–Trinajstić information content (AvgIpc) is 2.44. The van der Waals surface area contributed by atoms with Crippen molar-refractivity contribution in [3.8, 4) is 0 Å². The van der Waals surface area contributed by atoms with Crippen LogP contribution in [0.15, 0.2) is 47.4 Å². The second-order valence-electron chi connectivity index (χ2n) is 5.50. The molecule has 0 heterocycles. The minimum absolute atomic E-state index is 0.159. The SMILES string of the molecule is CC(C)C(NS(=O)(=O)c1cc(F)cc(F)c1)c1ccc(F)cc1. The fourth-order valence-electron chi connectivity index (χ4n) is 2.18. The Balaban J connectivity index is 2.37. The van der Waals surface area contributed by atoms with E-state index in [1.807, 2.05) is 0 Å². The molecule has 0 spiro atoms. The van der Waals surface area contributed by atoms with E-state index in [2.05, 4.69) is 4.72 Å². The first-order chi connectivity index (χ1) is 10.7. The minimum atomic E-state index is -4.13. The van der Waals surface area contributed by atoms with Crippen molar-refractivity contribution < 1.29 is 21.6 Å². The molecule has 3 nitrogen and oxygen atoms in total. The Morgan fingerprint density at radius 1 is 0.870 bits per heavy atom. The lowest BCUT2D eigenvalue weighted by Crippen LogP contribution is -2.32. The third-order valence-corrected chi connectivity index (χ3v) is 4.74. The predicted octanol–water partition coefficient (Wildman–Crippen LogP) is 3.78. The smallest absolute Gasteiger partial charge is 0.207 e. The first-order valence-corrected chi connectivity index (χ1v) is 8.41. The number of nitrogens with one attached hydrogen (secondary N) is 1. The molecule has 0 aliphatic rings. The predicted molar refractivity (Wildman–Crippen MR) is 80.7 cm³/mol. The van der Waals surface area contributed by atoms with Gasteiger partial charge < -0.3 is 0 Å². The third kappa shape index (κ3) is 4.33. The van der Waals surface area contributed by atoms with Crippen LogP contribution in [0.25, 0.3) is 0 Å². The summed E-state index contributed by atoms with van der Waals surface area (Å²) in [7, 11) is -4.13. The molecule has 1 atom stereocenters. The molecule has 0 amide bonds. The maximum atomic E-state index is 13.2. The van der Waals surface area contributed by atoms with E-state index in [-0.39, 0.29) is 5.92 Å². The maximum Gasteiger partial charge on any atom is 0.241 e. The van der Waals surface area contributed by atoms with Gasteiger partial charge in [-0.25, -0.2) is 26.3 Å². The zero-order valence-electron chi connectivity index (χ0n) is 12.6. The van der Waals surface area contributed by atoms with Crippen LogP contribution >= 0.6 is 0 Å². The van der Waals surface area contributed by atoms with Gasteiger partial charge in [-0.3, -0.25) is 0 Å². The zero-order chi connectivity index (χ0) is 17.2. The van der Waals surface area contributed by atoms with E-state index in [1.54, 1.807) is 13.8 Å². The van der Waals surface area contributed by atoms with Gasteiger partial charge in [0.2, 0.25) is 10.0 Å². The number of benzene rings is 2. The summed E-state index contributed by atoms with van der Waals surface area (Å²) in [5.74, 6) is -2.55. The topological polar surface area (TPSA) is 46.2 Å². The summed E-state index contributed by atoms with van der Waals surface area (Å²) in [5, 5.41) is 0. The van der Waals surface area contributed by atoms with E-state index in [9.17, 15) is 21.6 Å². The van der Waals surface area contributed by atoms with Crippen molar-refractivity contribution in [3.05, 3.63) is 65.5 Å². The van der Waals surface area contributed by atoms with Crippen LogP contribution in [0.3, 0.4) is 0 Å². The summed E-state index contributed by atoms with van der Waals surface area (Å²) >= 11 is 0. The van der Waals surface area contributed by atoms with E-state index in [0.717, 1.165) is 12.1 Å². The van der Waals surface area contributed by atoms with Crippen LogP contribution in [-0.4, -0.2) is 8.42 Å². The summed E-state index contributed by atoms with van der Waals surface area (Å²) in [6, 6.07) is 6.80. The van der Waals surface area contributed by atoms with E-state index in [0.29, 0.717) is 11.6 Å². The lowest BCUT2D eigenvalue weighted by Gasteiger charge is -2.23. The van der Waals surface area contributed by atoms with E-state index in [1.165, 1.54) is 24.3 Å². The normalized spacial score (nSPS) is 13.3. The molecule has 0 bridgehead atoms. The van der Waals surface area contributed by atoms with Gasteiger partial charge in [0.05, 0.1) is 4.90 Å². The third-order valence-electron chi connectivity index (χ3n) is 3.32. The van der Waals surface area contributed by atoms with Crippen molar-refractivity contribution in [2.24, 2.45) is 5.92 Å². The van der Waals surface area contributed by atoms with Gasteiger partial charge in [0.15, 0.2) is 0 Å². The summed E-state index contributed by atoms with van der Waals surface area (Å²) in [6.07, 6.45) is 0. The Hall–Kier alpha value is -1.86. The zero-order valence-corrected chi connectivity index (χ0v) is 13.4. The molecule has 23 heavy (non-hydrogen) atoms. The van der Waals surface area contributed by atoms with Crippen LogP contribution in [0.1, 0.15) is 25.5 Å². The first kappa shape index (κ1) is 17.5. The Labute approximate surface area is 133 Å². The summed E-state index contributed by atoms with van der Waals surface area (Å²) in [5.41, 5.74) is 0.557. The van der Waals surface area contributed by atoms with E-state index >= 15 is 0 Å². The van der Waals surface area contributed by atoms with Gasteiger partial charge in [-0.05, 0) is 35.7 Å². The molecule has 0 aliphatic heterocycles. The molecule has 2 aromatic rings. The van der Waals surface area contributed by atoms with Crippen LogP contribution in [0.2, 0.25) is 0 Å². The van der Waals surface area contributed by atoms with Crippen LogP contribution in [0.4, 0.5) is 13.2 Å². The van der Waals surface area contributed by atoms with Gasteiger partial charge in [0.25, 0.3) is 0 Å². The van der Waals surface area contributed by atoms with Gasteiger partial charge in [-0.1, -0.05) is 26.0 Å². The number of rotatable bonds is 5. The molecule has 0 fully saturated rings. The highest BCUT2D eigenvalue weighted by Gasteiger charge is 2.25. The quantitative estimate of drug-likeness (QED) is 0.898. The summed E-state index contributed by atoms with van der Waals surface area (Å²) in [6.45, 7) is 3.56. The van der Waals surface area contributed by atoms with Crippen LogP contribution in [0.5, 0.6) is 0 Å². The van der Waals surface area contributed by atoms with E-state index < -0.39 is 38.4 Å². The van der Waals surface area contributed by atoms with Gasteiger partial charge in [0.1, 0.15) is 17.5 Å². The fourth-order valence-corrected chi connectivity index (χ4v) is 3.59. The number of sulfonamides is 1. The standard InChI is InChI=1S/C16H16F3NO2S/c1-10(2)16(11-3-5-12(17)6-4-11)20-23(21,22)15-8-13(18)7-14(19)9-15/h3-10,16,20H,1-2H3. The van der Waals surface area contributed by atoms with Gasteiger partial charge >= 0.3 is 0 Å². The minimum Gasteiger partial charge on any atom is -0.207 e. The molecule has 2 aromatic carbocycles. The number of halogens is 3. The second kappa shape index (κ2) is 6.72. The van der Waals surface area contributed by atoms with Crippen molar-refractivity contribution in [2.45, 2.75) is 24.8 Å². The lowest BCUT2D eigenvalue weighted by atomic mass is 9.97. The summed E-state index contributed by atoms with van der Waals surface area (Å²) in [4.78, 5) is -0.497. The molecular weight excluding hydrogens is 327 g/mol. The molecular formula is C16H16F3NO2S. The molecule has 1 N–H and O–H groups in total. The molecule has 124 valence electrons. The first-order valence-electron chi connectivity index (χ1n) is 6.93. The van der Waals surface area contributed by atoms with Crippen LogP contribution < -0.4 is 4.72 Å². The van der Waals surface area contributed by atoms with Crippen molar-refractivity contribution in [1.82, 2.24) is 4.72 Å². The number of hydrogen-bond donors (Lipinski definition) is 1. The van der Waals surface area contributed by atoms with Crippen LogP contribution in [-0.2, 0) is 10.0 Å². The fraction of sp³-hybridized carbons (Fsp3) is 0.250. The van der Waals surface area contributed by atoms with Gasteiger partial charge in [-0.2, -0.15) is 0 Å². The monoisotopic (exact) mass is 343 g/mol. The van der Waals surface area contributed by atoms with E-state index in [4.69, 9.17) is 0 Å². The molecule has 7 heteroatoms. The van der Waals surface area contributed by atoms with Crippen molar-refractivity contribution >= 4 is 10.0 Å². The maximum absolute atomic E-state index is 13.2. The highest BCUT2D eigenvalue weighted by atomic mass is 32.2. The van der Waals surface area contributed by atoms with Gasteiger partial charge in [0, 0.05) is 12.1 Å². The molecule has 0 saturated carbocycles. The Kier molecular flexibility index (Phi) is 5.11. The summed E-state index contributed by atoms with van der Waals surface area (Å²) < 4.78 is 66.7. The molecule has 0 aromatic heterocycles. The largest absolute Gasteiger partial charge is 0.241 e. The van der Waals surface area contributed by atoms with Crippen molar-refractivity contribution in [2.75, 3.05) is 0 Å². The number of hydrogen-bond acceptors (Lipinski definition) is 2. The van der Waals surface area contributed by atoms with Crippen LogP contribution in [0, 0.1) is 23.4 Å². The highest BCUT2D eigenvalue weighted by Crippen LogP contribution is 2.25.